The lowest BCUT2D eigenvalue weighted by Gasteiger charge is -2.16. The lowest BCUT2D eigenvalue weighted by Crippen LogP contribution is -2.10. The molecule has 0 spiro atoms. The van der Waals surface area contributed by atoms with Gasteiger partial charge in [-0.15, -0.1) is 0 Å². The number of rotatable bonds is 2. The number of aliphatic hydroxyl groups is 1. The summed E-state index contributed by atoms with van der Waals surface area (Å²) in [5.74, 6) is -4.43. The second kappa shape index (κ2) is 5.83. The summed E-state index contributed by atoms with van der Waals surface area (Å²) in [4.78, 5) is 0. The van der Waals surface area contributed by atoms with Crippen molar-refractivity contribution in [3.8, 4) is 0 Å². The molecule has 0 aliphatic heterocycles. The maximum absolute atomic E-state index is 13.8. The van der Waals surface area contributed by atoms with E-state index < -0.39 is 40.5 Å². The Kier molecular flexibility index (Phi) is 4.51. The van der Waals surface area contributed by atoms with E-state index in [2.05, 4.69) is 31.9 Å². The van der Waals surface area contributed by atoms with E-state index in [0.717, 1.165) is 24.3 Å². The topological polar surface area (TPSA) is 20.2 Å². The molecular formula is C13H6Br2F4O. The highest BCUT2D eigenvalue weighted by molar-refractivity contribution is 9.10. The van der Waals surface area contributed by atoms with Crippen LogP contribution in [0.2, 0.25) is 0 Å². The average Bonchev–Trinajstić information content (AvgIpc) is 2.33. The molecule has 0 amide bonds. The maximum Gasteiger partial charge on any atom is 0.146 e. The first-order valence-corrected chi connectivity index (χ1v) is 6.87. The first-order chi connectivity index (χ1) is 9.32. The van der Waals surface area contributed by atoms with E-state index in [1.165, 1.54) is 0 Å². The van der Waals surface area contributed by atoms with Crippen molar-refractivity contribution in [2.75, 3.05) is 0 Å². The Bertz CT molecular complexity index is 653. The molecule has 1 nitrogen and oxygen atoms in total. The third-order valence-electron chi connectivity index (χ3n) is 2.67. The van der Waals surface area contributed by atoms with Gasteiger partial charge in [-0.05, 0) is 40.2 Å². The van der Waals surface area contributed by atoms with Crippen LogP contribution in [0.25, 0.3) is 0 Å². The molecule has 0 aromatic heterocycles. The summed E-state index contributed by atoms with van der Waals surface area (Å²) in [5, 5.41) is 9.93. The number of benzene rings is 2. The molecule has 0 radical (unpaired) electrons. The molecular weight excluding hydrogens is 408 g/mol. The molecule has 2 aromatic rings. The third kappa shape index (κ3) is 2.75. The van der Waals surface area contributed by atoms with Crippen LogP contribution in [0.1, 0.15) is 17.2 Å². The number of hydrogen-bond acceptors (Lipinski definition) is 1. The first-order valence-electron chi connectivity index (χ1n) is 5.28. The Hall–Kier alpha value is -0.920. The Balaban J connectivity index is 2.64. The fourth-order valence-corrected chi connectivity index (χ4v) is 2.50. The molecule has 0 aliphatic carbocycles. The molecule has 7 heteroatoms. The van der Waals surface area contributed by atoms with Crippen LogP contribution in [0.15, 0.2) is 33.2 Å². The second-order valence-corrected chi connectivity index (χ2v) is 5.71. The van der Waals surface area contributed by atoms with E-state index in [9.17, 15) is 22.7 Å². The number of halogens is 6. The molecule has 2 rings (SSSR count). The minimum atomic E-state index is -2.10. The van der Waals surface area contributed by atoms with Crippen LogP contribution in [-0.4, -0.2) is 5.11 Å². The maximum atomic E-state index is 13.8. The fraction of sp³-hybridized carbons (Fsp3) is 0.0769. The van der Waals surface area contributed by atoms with Crippen LogP contribution < -0.4 is 0 Å². The highest BCUT2D eigenvalue weighted by Gasteiger charge is 2.27. The van der Waals surface area contributed by atoms with Gasteiger partial charge in [0.25, 0.3) is 0 Å². The van der Waals surface area contributed by atoms with Gasteiger partial charge in [-0.2, -0.15) is 0 Å². The van der Waals surface area contributed by atoms with Crippen molar-refractivity contribution in [1.82, 2.24) is 0 Å². The van der Waals surface area contributed by atoms with Crippen LogP contribution >= 0.6 is 31.9 Å². The van der Waals surface area contributed by atoms with E-state index in [0.29, 0.717) is 0 Å². The van der Waals surface area contributed by atoms with Crippen molar-refractivity contribution < 1.29 is 22.7 Å². The standard InChI is InChI=1S/C13H6Br2F4O/c14-5-3-8(17)10(9(18)4-5)13(20)11-7(16)2-1-6(15)12(11)19/h1-4,13,20H. The third-order valence-corrected chi connectivity index (χ3v) is 3.74. The van der Waals surface area contributed by atoms with Crippen molar-refractivity contribution in [3.05, 3.63) is 67.6 Å². The van der Waals surface area contributed by atoms with Gasteiger partial charge in [0.15, 0.2) is 0 Å². The second-order valence-electron chi connectivity index (χ2n) is 3.94. The smallest absolute Gasteiger partial charge is 0.146 e. The minimum Gasteiger partial charge on any atom is -0.383 e. The zero-order valence-corrected chi connectivity index (χ0v) is 12.8. The van der Waals surface area contributed by atoms with Crippen LogP contribution in [0.3, 0.4) is 0 Å². The van der Waals surface area contributed by atoms with Gasteiger partial charge < -0.3 is 5.11 Å². The first kappa shape index (κ1) is 15.5. The molecule has 1 atom stereocenters. The van der Waals surface area contributed by atoms with Gasteiger partial charge in [0.05, 0.1) is 15.6 Å². The molecule has 0 bridgehead atoms. The van der Waals surface area contributed by atoms with Gasteiger partial charge in [-0.3, -0.25) is 0 Å². The molecule has 0 fully saturated rings. The number of aliphatic hydroxyl groups excluding tert-OH is 1. The van der Waals surface area contributed by atoms with Gasteiger partial charge in [0, 0.05) is 4.47 Å². The average molecular weight is 414 g/mol. The van der Waals surface area contributed by atoms with Crippen LogP contribution in [0.5, 0.6) is 0 Å². The quantitative estimate of drug-likeness (QED) is 0.551. The zero-order valence-electron chi connectivity index (χ0n) is 9.60. The van der Waals surface area contributed by atoms with Crippen molar-refractivity contribution in [1.29, 1.82) is 0 Å². The van der Waals surface area contributed by atoms with Gasteiger partial charge in [0.1, 0.15) is 29.4 Å². The zero-order chi connectivity index (χ0) is 15.0. The van der Waals surface area contributed by atoms with Crippen molar-refractivity contribution >= 4 is 31.9 Å². The fourth-order valence-electron chi connectivity index (χ4n) is 1.75. The molecule has 2 aromatic carbocycles. The normalized spacial score (nSPS) is 12.6. The van der Waals surface area contributed by atoms with Crippen LogP contribution in [0, 0.1) is 23.3 Å². The Morgan fingerprint density at radius 1 is 0.850 bits per heavy atom. The lowest BCUT2D eigenvalue weighted by atomic mass is 9.99. The molecule has 1 N–H and O–H groups in total. The molecule has 1 unspecified atom stereocenters. The van der Waals surface area contributed by atoms with Crippen molar-refractivity contribution in [2.45, 2.75) is 6.10 Å². The molecule has 106 valence electrons. The van der Waals surface area contributed by atoms with E-state index in [1.807, 2.05) is 0 Å². The summed E-state index contributed by atoms with van der Waals surface area (Å²) in [5.41, 5.74) is -1.64. The molecule has 0 saturated carbocycles. The minimum absolute atomic E-state index is 0.110. The largest absolute Gasteiger partial charge is 0.383 e. The van der Waals surface area contributed by atoms with Crippen molar-refractivity contribution in [2.24, 2.45) is 0 Å². The van der Waals surface area contributed by atoms with E-state index in [-0.39, 0.29) is 8.95 Å². The summed E-state index contributed by atoms with van der Waals surface area (Å²) < 4.78 is 54.9. The van der Waals surface area contributed by atoms with Crippen molar-refractivity contribution in [3.63, 3.8) is 0 Å². The summed E-state index contributed by atoms with van der Waals surface area (Å²) in [6.07, 6.45) is -2.10. The lowest BCUT2D eigenvalue weighted by molar-refractivity contribution is 0.198. The molecule has 0 heterocycles. The van der Waals surface area contributed by atoms with E-state index in [4.69, 9.17) is 0 Å². The summed E-state index contributed by atoms with van der Waals surface area (Å²) in [7, 11) is 0. The van der Waals surface area contributed by atoms with Gasteiger partial charge in [-0.25, -0.2) is 17.6 Å². The van der Waals surface area contributed by atoms with E-state index >= 15 is 0 Å². The molecule has 0 aliphatic rings. The summed E-state index contributed by atoms with van der Waals surface area (Å²) in [6.45, 7) is 0. The van der Waals surface area contributed by atoms with E-state index in [1.54, 1.807) is 0 Å². The predicted octanol–water partition coefficient (Wildman–Crippen LogP) is 4.85. The van der Waals surface area contributed by atoms with Gasteiger partial charge in [-0.1, -0.05) is 15.9 Å². The monoisotopic (exact) mass is 412 g/mol. The Labute approximate surface area is 128 Å². The Morgan fingerprint density at radius 2 is 1.40 bits per heavy atom. The highest BCUT2D eigenvalue weighted by Crippen LogP contribution is 2.34. The van der Waals surface area contributed by atoms with Gasteiger partial charge in [0.2, 0.25) is 0 Å². The summed E-state index contributed by atoms with van der Waals surface area (Å²) in [6, 6.07) is 3.78. The van der Waals surface area contributed by atoms with Crippen LogP contribution in [0.4, 0.5) is 17.6 Å². The summed E-state index contributed by atoms with van der Waals surface area (Å²) >= 11 is 5.70. The Morgan fingerprint density at radius 3 is 1.95 bits per heavy atom. The van der Waals surface area contributed by atoms with Crippen LogP contribution in [-0.2, 0) is 0 Å². The highest BCUT2D eigenvalue weighted by atomic mass is 79.9. The predicted molar refractivity (Wildman–Crippen MR) is 72.2 cm³/mol. The molecule has 0 saturated heterocycles. The van der Waals surface area contributed by atoms with Gasteiger partial charge >= 0.3 is 0 Å². The molecule has 20 heavy (non-hydrogen) atoms. The number of hydrogen-bond donors (Lipinski definition) is 1. The SMILES string of the molecule is OC(c1c(F)cc(Br)cc1F)c1c(F)ccc(Br)c1F.